The van der Waals surface area contributed by atoms with Gasteiger partial charge in [-0.25, -0.2) is 0 Å². The Morgan fingerprint density at radius 1 is 1.40 bits per heavy atom. The lowest BCUT2D eigenvalue weighted by Gasteiger charge is -2.27. The highest BCUT2D eigenvalue weighted by molar-refractivity contribution is 5.56. The van der Waals surface area contributed by atoms with E-state index in [1.165, 1.54) is 6.07 Å². The van der Waals surface area contributed by atoms with Crippen molar-refractivity contribution in [2.75, 3.05) is 18.0 Å². The predicted octanol–water partition coefficient (Wildman–Crippen LogP) is 3.10. The van der Waals surface area contributed by atoms with E-state index in [1.807, 2.05) is 0 Å². The van der Waals surface area contributed by atoms with Crippen molar-refractivity contribution < 1.29 is 10.0 Å². The molecule has 5 heteroatoms. The quantitative estimate of drug-likeness (QED) is 0.664. The van der Waals surface area contributed by atoms with Crippen molar-refractivity contribution in [2.45, 2.75) is 39.7 Å². The first-order valence-electron chi connectivity index (χ1n) is 7.18. The van der Waals surface area contributed by atoms with E-state index in [0.717, 1.165) is 38.0 Å². The van der Waals surface area contributed by atoms with E-state index in [4.69, 9.17) is 0 Å². The second kappa shape index (κ2) is 5.79. The van der Waals surface area contributed by atoms with E-state index in [9.17, 15) is 15.2 Å². The van der Waals surface area contributed by atoms with Crippen LogP contribution in [0.2, 0.25) is 0 Å². The number of nitro benzene ring substituents is 1. The zero-order valence-corrected chi connectivity index (χ0v) is 12.1. The largest absolute Gasteiger partial charge is 0.391 e. The predicted molar refractivity (Wildman–Crippen MR) is 78.9 cm³/mol. The molecule has 2 rings (SSSR count). The van der Waals surface area contributed by atoms with Crippen LogP contribution in [0.3, 0.4) is 0 Å². The van der Waals surface area contributed by atoms with Gasteiger partial charge >= 0.3 is 0 Å². The summed E-state index contributed by atoms with van der Waals surface area (Å²) in [6, 6.07) is 5.04. The number of nitrogens with zero attached hydrogens (tertiary/aromatic N) is 2. The minimum absolute atomic E-state index is 0.00677. The van der Waals surface area contributed by atoms with Gasteiger partial charge in [0, 0.05) is 24.8 Å². The van der Waals surface area contributed by atoms with Crippen molar-refractivity contribution >= 4 is 11.4 Å². The van der Waals surface area contributed by atoms with Crippen LogP contribution in [-0.4, -0.2) is 23.1 Å². The van der Waals surface area contributed by atoms with Crippen LogP contribution in [-0.2, 0) is 6.61 Å². The summed E-state index contributed by atoms with van der Waals surface area (Å²) < 4.78 is 0. The SMILES string of the molecule is CCC1(CC)CCN(c2ccc([N+](=O)[O-])c(CO)c2)C1. The van der Waals surface area contributed by atoms with Crippen LogP contribution < -0.4 is 4.90 Å². The standard InChI is InChI=1S/C15H22N2O3/c1-3-15(4-2)7-8-16(11-15)13-5-6-14(17(19)20)12(9-13)10-18/h5-6,9,18H,3-4,7-8,10-11H2,1-2H3. The summed E-state index contributed by atoms with van der Waals surface area (Å²) in [5, 5.41) is 20.2. The molecule has 0 atom stereocenters. The van der Waals surface area contributed by atoms with E-state index in [1.54, 1.807) is 12.1 Å². The molecule has 0 saturated carbocycles. The van der Waals surface area contributed by atoms with Gasteiger partial charge in [0.1, 0.15) is 0 Å². The third-order valence-electron chi connectivity index (χ3n) is 4.73. The van der Waals surface area contributed by atoms with Crippen molar-refractivity contribution in [3.63, 3.8) is 0 Å². The number of benzene rings is 1. The van der Waals surface area contributed by atoms with Crippen LogP contribution >= 0.6 is 0 Å². The first-order valence-corrected chi connectivity index (χ1v) is 7.18. The molecule has 0 unspecified atom stereocenters. The number of aliphatic hydroxyl groups is 1. The molecular weight excluding hydrogens is 256 g/mol. The van der Waals surface area contributed by atoms with Crippen LogP contribution in [0.4, 0.5) is 11.4 Å². The van der Waals surface area contributed by atoms with Gasteiger partial charge in [-0.05, 0) is 36.8 Å². The molecule has 0 aliphatic carbocycles. The lowest BCUT2D eigenvalue weighted by atomic mass is 9.82. The average Bonchev–Trinajstić information content (AvgIpc) is 2.91. The van der Waals surface area contributed by atoms with Gasteiger partial charge in [0.15, 0.2) is 0 Å². The molecule has 20 heavy (non-hydrogen) atoms. The molecule has 5 nitrogen and oxygen atoms in total. The Balaban J connectivity index is 2.25. The molecule has 1 N–H and O–H groups in total. The second-order valence-electron chi connectivity index (χ2n) is 5.61. The summed E-state index contributed by atoms with van der Waals surface area (Å²) in [6.07, 6.45) is 3.46. The molecule has 0 amide bonds. The molecule has 1 aliphatic rings. The average molecular weight is 278 g/mol. The highest BCUT2D eigenvalue weighted by atomic mass is 16.6. The van der Waals surface area contributed by atoms with Crippen LogP contribution in [0, 0.1) is 15.5 Å². The summed E-state index contributed by atoms with van der Waals surface area (Å²) in [6.45, 7) is 6.11. The molecule has 1 fully saturated rings. The number of hydrogen-bond donors (Lipinski definition) is 1. The number of anilines is 1. The molecular formula is C15H22N2O3. The Labute approximate surface area is 119 Å². The van der Waals surface area contributed by atoms with E-state index in [2.05, 4.69) is 18.7 Å². The highest BCUT2D eigenvalue weighted by Crippen LogP contribution is 2.39. The fourth-order valence-electron chi connectivity index (χ4n) is 3.06. The first kappa shape index (κ1) is 14.8. The Bertz CT molecular complexity index is 498. The van der Waals surface area contributed by atoms with Crippen LogP contribution in [0.5, 0.6) is 0 Å². The van der Waals surface area contributed by atoms with Gasteiger partial charge in [-0.1, -0.05) is 13.8 Å². The number of aliphatic hydroxyl groups excluding tert-OH is 1. The zero-order valence-electron chi connectivity index (χ0n) is 12.1. The molecule has 0 aromatic heterocycles. The van der Waals surface area contributed by atoms with Crippen molar-refractivity contribution in [1.82, 2.24) is 0 Å². The van der Waals surface area contributed by atoms with E-state index in [-0.39, 0.29) is 12.3 Å². The number of nitro groups is 1. The molecule has 1 heterocycles. The minimum atomic E-state index is -0.443. The second-order valence-corrected chi connectivity index (χ2v) is 5.61. The fourth-order valence-corrected chi connectivity index (χ4v) is 3.06. The molecule has 110 valence electrons. The summed E-state index contributed by atoms with van der Waals surface area (Å²) in [7, 11) is 0. The summed E-state index contributed by atoms with van der Waals surface area (Å²) in [5.41, 5.74) is 1.72. The lowest BCUT2D eigenvalue weighted by molar-refractivity contribution is -0.385. The van der Waals surface area contributed by atoms with E-state index >= 15 is 0 Å². The third-order valence-corrected chi connectivity index (χ3v) is 4.73. The maximum Gasteiger partial charge on any atom is 0.275 e. The van der Waals surface area contributed by atoms with Crippen molar-refractivity contribution in [1.29, 1.82) is 0 Å². The Hall–Kier alpha value is -1.62. The van der Waals surface area contributed by atoms with Crippen molar-refractivity contribution in [3.8, 4) is 0 Å². The number of hydrogen-bond acceptors (Lipinski definition) is 4. The van der Waals surface area contributed by atoms with Gasteiger partial charge < -0.3 is 10.0 Å². The van der Waals surface area contributed by atoms with Gasteiger partial charge in [-0.3, -0.25) is 10.1 Å². The Kier molecular flexibility index (Phi) is 4.28. The highest BCUT2D eigenvalue weighted by Gasteiger charge is 2.35. The van der Waals surface area contributed by atoms with E-state index in [0.29, 0.717) is 11.0 Å². The Morgan fingerprint density at radius 3 is 2.60 bits per heavy atom. The van der Waals surface area contributed by atoms with Gasteiger partial charge in [0.2, 0.25) is 0 Å². The Morgan fingerprint density at radius 2 is 2.10 bits per heavy atom. The van der Waals surface area contributed by atoms with Crippen LogP contribution in [0.1, 0.15) is 38.7 Å². The third kappa shape index (κ3) is 2.63. The maximum absolute atomic E-state index is 10.9. The van der Waals surface area contributed by atoms with Crippen molar-refractivity contribution in [2.24, 2.45) is 5.41 Å². The summed E-state index contributed by atoms with van der Waals surface area (Å²) >= 11 is 0. The van der Waals surface area contributed by atoms with Gasteiger partial charge in [0.05, 0.1) is 17.1 Å². The van der Waals surface area contributed by atoms with Crippen molar-refractivity contribution in [3.05, 3.63) is 33.9 Å². The fraction of sp³-hybridized carbons (Fsp3) is 0.600. The molecule has 0 bridgehead atoms. The topological polar surface area (TPSA) is 66.6 Å². The lowest BCUT2D eigenvalue weighted by Crippen LogP contribution is -2.26. The molecule has 0 radical (unpaired) electrons. The minimum Gasteiger partial charge on any atom is -0.391 e. The molecule has 1 aliphatic heterocycles. The monoisotopic (exact) mass is 278 g/mol. The maximum atomic E-state index is 10.9. The normalized spacial score (nSPS) is 17.4. The molecule has 1 aromatic carbocycles. The number of rotatable bonds is 5. The van der Waals surface area contributed by atoms with E-state index < -0.39 is 4.92 Å². The van der Waals surface area contributed by atoms with Gasteiger partial charge in [-0.15, -0.1) is 0 Å². The summed E-state index contributed by atoms with van der Waals surface area (Å²) in [5.74, 6) is 0. The first-order chi connectivity index (χ1) is 9.55. The zero-order chi connectivity index (χ0) is 14.8. The van der Waals surface area contributed by atoms with Crippen LogP contribution in [0.25, 0.3) is 0 Å². The smallest absolute Gasteiger partial charge is 0.275 e. The molecule has 1 aromatic rings. The summed E-state index contributed by atoms with van der Waals surface area (Å²) in [4.78, 5) is 12.7. The van der Waals surface area contributed by atoms with Gasteiger partial charge in [-0.2, -0.15) is 0 Å². The molecule has 1 saturated heterocycles. The molecule has 0 spiro atoms. The van der Waals surface area contributed by atoms with Crippen LogP contribution in [0.15, 0.2) is 18.2 Å². The van der Waals surface area contributed by atoms with Gasteiger partial charge in [0.25, 0.3) is 5.69 Å².